The quantitative estimate of drug-likeness (QED) is 0.908. The van der Waals surface area contributed by atoms with Gasteiger partial charge in [-0.2, -0.15) is 0 Å². The van der Waals surface area contributed by atoms with E-state index in [-0.39, 0.29) is 5.91 Å². The van der Waals surface area contributed by atoms with E-state index in [2.05, 4.69) is 0 Å². The van der Waals surface area contributed by atoms with E-state index in [4.69, 9.17) is 0 Å². The van der Waals surface area contributed by atoms with Crippen molar-refractivity contribution in [1.82, 2.24) is 0 Å². The van der Waals surface area contributed by atoms with Crippen LogP contribution in [0.2, 0.25) is 0 Å². The van der Waals surface area contributed by atoms with Crippen molar-refractivity contribution in [1.29, 1.82) is 0 Å². The highest BCUT2D eigenvalue weighted by Crippen LogP contribution is 2.32. The number of nitrogens with zero attached hydrogens (tertiary/aromatic N) is 1. The summed E-state index contributed by atoms with van der Waals surface area (Å²) >= 11 is 0. The topological polar surface area (TPSA) is 40.5 Å². The van der Waals surface area contributed by atoms with E-state index in [0.717, 1.165) is 27.9 Å². The monoisotopic (exact) mass is 267 g/mol. The van der Waals surface area contributed by atoms with Gasteiger partial charge in [0.2, 0.25) is 5.91 Å². The number of carbonyl (C=O) groups is 1. The van der Waals surface area contributed by atoms with Crippen LogP contribution in [0.25, 0.3) is 0 Å². The summed E-state index contributed by atoms with van der Waals surface area (Å²) in [6.45, 7) is 2.01. The molecule has 0 spiro atoms. The summed E-state index contributed by atoms with van der Waals surface area (Å²) in [4.78, 5) is 13.4. The van der Waals surface area contributed by atoms with Gasteiger partial charge in [-0.15, -0.1) is 0 Å². The molecule has 2 aromatic rings. The number of aryl methyl sites for hydroxylation is 1. The molecule has 1 amide bonds. The van der Waals surface area contributed by atoms with Crippen LogP contribution in [0.1, 0.15) is 28.4 Å². The fourth-order valence-electron chi connectivity index (χ4n) is 2.69. The van der Waals surface area contributed by atoms with E-state index >= 15 is 0 Å². The summed E-state index contributed by atoms with van der Waals surface area (Å²) in [5.41, 5.74) is 4.76. The highest BCUT2D eigenvalue weighted by molar-refractivity contribution is 6.00. The van der Waals surface area contributed by atoms with Crippen molar-refractivity contribution in [3.8, 4) is 0 Å². The number of likely N-dealkylation sites (N-methyl/N-ethyl adjacent to an activating group) is 1. The Labute approximate surface area is 118 Å². The average molecular weight is 267 g/mol. The van der Waals surface area contributed by atoms with Gasteiger partial charge in [0.15, 0.2) is 0 Å². The Balaban J connectivity index is 1.96. The molecule has 0 fully saturated rings. The molecule has 0 saturated heterocycles. The maximum atomic E-state index is 11.7. The Morgan fingerprint density at radius 3 is 2.65 bits per heavy atom. The lowest BCUT2D eigenvalue weighted by atomic mass is 9.98. The van der Waals surface area contributed by atoms with Crippen LogP contribution >= 0.6 is 0 Å². The van der Waals surface area contributed by atoms with Gasteiger partial charge >= 0.3 is 0 Å². The first-order valence-corrected chi connectivity index (χ1v) is 6.70. The van der Waals surface area contributed by atoms with Gasteiger partial charge in [-0.1, -0.05) is 42.0 Å². The number of aliphatic hydroxyl groups is 1. The van der Waals surface area contributed by atoms with Gasteiger partial charge in [0.1, 0.15) is 6.10 Å². The molecule has 0 radical (unpaired) electrons. The molecule has 0 saturated carbocycles. The van der Waals surface area contributed by atoms with E-state index in [0.29, 0.717) is 6.42 Å². The zero-order chi connectivity index (χ0) is 14.3. The summed E-state index contributed by atoms with van der Waals surface area (Å²) in [6.07, 6.45) is -0.235. The number of amides is 1. The second-order valence-electron chi connectivity index (χ2n) is 5.33. The van der Waals surface area contributed by atoms with E-state index in [1.165, 1.54) is 0 Å². The van der Waals surface area contributed by atoms with Crippen LogP contribution in [0.5, 0.6) is 0 Å². The van der Waals surface area contributed by atoms with Crippen molar-refractivity contribution in [3.05, 3.63) is 64.7 Å². The number of hydrogen-bond donors (Lipinski definition) is 1. The van der Waals surface area contributed by atoms with Crippen molar-refractivity contribution >= 4 is 11.6 Å². The number of rotatable bonds is 2. The molecule has 0 bridgehead atoms. The maximum absolute atomic E-state index is 11.7. The lowest BCUT2D eigenvalue weighted by molar-refractivity contribution is -0.117. The zero-order valence-corrected chi connectivity index (χ0v) is 11.6. The number of anilines is 1. The molecule has 1 heterocycles. The van der Waals surface area contributed by atoms with Gasteiger partial charge < -0.3 is 10.0 Å². The Bertz CT molecular complexity index is 678. The summed E-state index contributed by atoms with van der Waals surface area (Å²) in [6, 6.07) is 13.6. The summed E-state index contributed by atoms with van der Waals surface area (Å²) < 4.78 is 0. The van der Waals surface area contributed by atoms with Gasteiger partial charge in [0, 0.05) is 12.7 Å². The van der Waals surface area contributed by atoms with Gasteiger partial charge in [0.25, 0.3) is 0 Å². The molecule has 3 nitrogen and oxygen atoms in total. The van der Waals surface area contributed by atoms with E-state index in [1.54, 1.807) is 11.9 Å². The van der Waals surface area contributed by atoms with Crippen molar-refractivity contribution < 1.29 is 9.90 Å². The summed E-state index contributed by atoms with van der Waals surface area (Å²) in [5, 5.41) is 10.5. The molecule has 1 unspecified atom stereocenters. The third-order valence-corrected chi connectivity index (χ3v) is 3.85. The maximum Gasteiger partial charge on any atom is 0.231 e. The first-order valence-electron chi connectivity index (χ1n) is 6.70. The van der Waals surface area contributed by atoms with Crippen molar-refractivity contribution in [2.45, 2.75) is 19.4 Å². The Morgan fingerprint density at radius 2 is 1.90 bits per heavy atom. The Hall–Kier alpha value is -2.13. The largest absolute Gasteiger partial charge is 0.384 e. The molecule has 1 atom stereocenters. The van der Waals surface area contributed by atoms with Crippen LogP contribution in [-0.2, 0) is 11.2 Å². The van der Waals surface area contributed by atoms with Gasteiger partial charge in [-0.3, -0.25) is 4.79 Å². The smallest absolute Gasteiger partial charge is 0.231 e. The minimum atomic E-state index is -0.652. The number of aliphatic hydroxyl groups excluding tert-OH is 1. The molecule has 3 heteroatoms. The second-order valence-corrected chi connectivity index (χ2v) is 5.33. The molecule has 102 valence electrons. The lowest BCUT2D eigenvalue weighted by Crippen LogP contribution is -2.20. The zero-order valence-electron chi connectivity index (χ0n) is 11.6. The van der Waals surface area contributed by atoms with E-state index in [9.17, 15) is 9.90 Å². The molecule has 0 aliphatic carbocycles. The summed E-state index contributed by atoms with van der Waals surface area (Å²) in [5.74, 6) is 0.0993. The molecule has 3 rings (SSSR count). The van der Waals surface area contributed by atoms with Crippen LogP contribution in [0, 0.1) is 6.92 Å². The minimum Gasteiger partial charge on any atom is -0.384 e. The highest BCUT2D eigenvalue weighted by atomic mass is 16.3. The molecule has 1 aliphatic rings. The fraction of sp³-hybridized carbons (Fsp3) is 0.235. The van der Waals surface area contributed by atoms with E-state index < -0.39 is 6.10 Å². The minimum absolute atomic E-state index is 0.0993. The molecule has 0 aromatic heterocycles. The van der Waals surface area contributed by atoms with Crippen molar-refractivity contribution in [3.63, 3.8) is 0 Å². The lowest BCUT2D eigenvalue weighted by Gasteiger charge is -2.15. The third kappa shape index (κ3) is 2.10. The number of fused-ring (bicyclic) bond motifs is 1. The summed E-state index contributed by atoms with van der Waals surface area (Å²) in [7, 11) is 1.78. The van der Waals surface area contributed by atoms with Crippen LogP contribution in [0.3, 0.4) is 0 Å². The van der Waals surface area contributed by atoms with Crippen LogP contribution in [0.15, 0.2) is 42.5 Å². The average Bonchev–Trinajstić information content (AvgIpc) is 2.73. The highest BCUT2D eigenvalue weighted by Gasteiger charge is 2.25. The predicted octanol–water partition coefficient (Wildman–Crippen LogP) is 2.60. The Kier molecular flexibility index (Phi) is 3.07. The van der Waals surface area contributed by atoms with Gasteiger partial charge in [-0.25, -0.2) is 0 Å². The van der Waals surface area contributed by atoms with Crippen molar-refractivity contribution in [2.24, 2.45) is 0 Å². The molecule has 1 aliphatic heterocycles. The first-order chi connectivity index (χ1) is 9.56. The normalized spacial score (nSPS) is 15.3. The van der Waals surface area contributed by atoms with Gasteiger partial charge in [-0.05, 0) is 29.7 Å². The number of hydrogen-bond acceptors (Lipinski definition) is 2. The molecule has 20 heavy (non-hydrogen) atoms. The third-order valence-electron chi connectivity index (χ3n) is 3.85. The van der Waals surface area contributed by atoms with E-state index in [1.807, 2.05) is 49.4 Å². The molecular weight excluding hydrogens is 250 g/mol. The molecule has 1 N–H and O–H groups in total. The molecular formula is C17H17NO2. The second kappa shape index (κ2) is 4.76. The fourth-order valence-corrected chi connectivity index (χ4v) is 2.69. The standard InChI is InChI=1S/C17H17NO2/c1-11-4-3-5-12(8-11)17(20)13-6-7-15-14(9-13)10-16(19)18(15)2/h3-9,17,20H,10H2,1-2H3. The van der Waals surface area contributed by atoms with Crippen molar-refractivity contribution in [2.75, 3.05) is 11.9 Å². The molecule has 2 aromatic carbocycles. The Morgan fingerprint density at radius 1 is 1.15 bits per heavy atom. The van der Waals surface area contributed by atoms with Crippen LogP contribution < -0.4 is 4.90 Å². The SMILES string of the molecule is Cc1cccc(C(O)c2ccc3c(c2)CC(=O)N3C)c1. The number of carbonyl (C=O) groups excluding carboxylic acids is 1. The predicted molar refractivity (Wildman–Crippen MR) is 78.8 cm³/mol. The van der Waals surface area contributed by atoms with Gasteiger partial charge in [0.05, 0.1) is 6.42 Å². The first kappa shape index (κ1) is 12.9. The van der Waals surface area contributed by atoms with Crippen LogP contribution in [-0.4, -0.2) is 18.1 Å². The van der Waals surface area contributed by atoms with Crippen LogP contribution in [0.4, 0.5) is 5.69 Å². The number of benzene rings is 2.